The number of amides is 2. The molecule has 1 aliphatic heterocycles. The van der Waals surface area contributed by atoms with Crippen molar-refractivity contribution >= 4 is 33.0 Å². The van der Waals surface area contributed by atoms with Gasteiger partial charge in [-0.05, 0) is 0 Å². The van der Waals surface area contributed by atoms with Crippen LogP contribution in [0.15, 0.2) is 24.3 Å². The number of carbonyl (C=O) groups excluding carboxylic acids is 2. The first-order chi connectivity index (χ1) is 6.25. The zero-order valence-electron chi connectivity index (χ0n) is 6.98. The van der Waals surface area contributed by atoms with Crippen molar-refractivity contribution in [1.29, 1.82) is 0 Å². The van der Waals surface area contributed by atoms with Gasteiger partial charge in [-0.15, -0.1) is 0 Å². The summed E-state index contributed by atoms with van der Waals surface area (Å²) in [6, 6.07) is 6.98. The Kier molecular flexibility index (Phi) is 2.10. The number of nitrogens with zero attached hydrogens (tertiary/aromatic N) is 1. The van der Waals surface area contributed by atoms with Crippen molar-refractivity contribution in [2.45, 2.75) is 4.97 Å². The van der Waals surface area contributed by atoms with E-state index in [9.17, 15) is 9.59 Å². The van der Waals surface area contributed by atoms with Crippen LogP contribution >= 0.6 is 0 Å². The summed E-state index contributed by atoms with van der Waals surface area (Å²) in [5.41, 5.74) is 1.11. The van der Waals surface area contributed by atoms with Gasteiger partial charge in [0.05, 0.1) is 0 Å². The zero-order valence-corrected chi connectivity index (χ0v) is 9.31. The molecular formula is C9H7NO2Te. The third kappa shape index (κ3) is 1.18. The topological polar surface area (TPSA) is 37.4 Å². The van der Waals surface area contributed by atoms with E-state index in [-0.39, 0.29) is 11.8 Å². The van der Waals surface area contributed by atoms with E-state index in [1.165, 1.54) is 3.15 Å². The van der Waals surface area contributed by atoms with Gasteiger partial charge in [-0.1, -0.05) is 0 Å². The summed E-state index contributed by atoms with van der Waals surface area (Å²) in [4.78, 5) is 25.1. The third-order valence-electron chi connectivity index (χ3n) is 1.94. The monoisotopic (exact) mass is 291 g/mol. The van der Waals surface area contributed by atoms with Crippen LogP contribution in [0.3, 0.4) is 0 Å². The Bertz CT molecular complexity index is 354. The summed E-state index contributed by atoms with van der Waals surface area (Å²) < 4.78 is 1.38. The van der Waals surface area contributed by atoms with E-state index in [1.54, 1.807) is 24.3 Å². The summed E-state index contributed by atoms with van der Waals surface area (Å²) in [7, 11) is 0. The van der Waals surface area contributed by atoms with Gasteiger partial charge in [0.25, 0.3) is 0 Å². The summed E-state index contributed by atoms with van der Waals surface area (Å²) >= 11 is -0.659. The molecule has 0 aromatic heterocycles. The molecule has 0 atom stereocenters. The van der Waals surface area contributed by atoms with Gasteiger partial charge in [-0.2, -0.15) is 0 Å². The molecule has 0 saturated heterocycles. The standard InChI is InChI=1S/C9H7NO2Te/c1-13-10-8(11)6-4-2-3-5-7(6)9(10)12/h2-5H,1H3. The average Bonchev–Trinajstić information content (AvgIpc) is 2.41. The van der Waals surface area contributed by atoms with Crippen molar-refractivity contribution in [3.05, 3.63) is 35.4 Å². The molecule has 1 aliphatic rings. The third-order valence-corrected chi connectivity index (χ3v) is 3.93. The first-order valence-corrected chi connectivity index (χ1v) is 7.15. The number of hydrogen-bond acceptors (Lipinski definition) is 2. The van der Waals surface area contributed by atoms with Gasteiger partial charge >= 0.3 is 86.1 Å². The van der Waals surface area contributed by atoms with Crippen LogP contribution < -0.4 is 0 Å². The van der Waals surface area contributed by atoms with Crippen molar-refractivity contribution in [1.82, 2.24) is 3.15 Å². The van der Waals surface area contributed by atoms with E-state index < -0.39 is 21.2 Å². The fourth-order valence-electron chi connectivity index (χ4n) is 1.33. The Morgan fingerprint density at radius 1 is 1.08 bits per heavy atom. The molecule has 2 amide bonds. The Labute approximate surface area is 86.2 Å². The van der Waals surface area contributed by atoms with Gasteiger partial charge in [0, 0.05) is 0 Å². The van der Waals surface area contributed by atoms with Gasteiger partial charge in [-0.3, -0.25) is 0 Å². The second-order valence-corrected chi connectivity index (χ2v) is 4.72. The van der Waals surface area contributed by atoms with Crippen molar-refractivity contribution < 1.29 is 9.59 Å². The Hall–Kier alpha value is -0.850. The maximum atomic E-state index is 11.6. The number of fused-ring (bicyclic) bond motifs is 1. The first-order valence-electron chi connectivity index (χ1n) is 3.77. The number of rotatable bonds is 1. The van der Waals surface area contributed by atoms with Crippen LogP contribution in [0.2, 0.25) is 4.97 Å². The summed E-state index contributed by atoms with van der Waals surface area (Å²) in [6.45, 7) is 0. The molecule has 0 N–H and O–H groups in total. The van der Waals surface area contributed by atoms with Crippen LogP contribution in [-0.4, -0.2) is 36.2 Å². The summed E-state index contributed by atoms with van der Waals surface area (Å²) in [5, 5.41) is 0. The van der Waals surface area contributed by atoms with E-state index in [1.807, 2.05) is 4.97 Å². The minimum atomic E-state index is -0.659. The molecule has 0 fully saturated rings. The average molecular weight is 289 g/mol. The van der Waals surface area contributed by atoms with E-state index in [0.29, 0.717) is 11.1 Å². The van der Waals surface area contributed by atoms with Crippen molar-refractivity contribution in [3.63, 3.8) is 0 Å². The molecule has 2 rings (SSSR count). The summed E-state index contributed by atoms with van der Waals surface area (Å²) in [6.07, 6.45) is 0. The van der Waals surface area contributed by atoms with Crippen molar-refractivity contribution in [3.8, 4) is 0 Å². The van der Waals surface area contributed by atoms with E-state index in [4.69, 9.17) is 0 Å². The van der Waals surface area contributed by atoms with Crippen LogP contribution in [0.4, 0.5) is 0 Å². The van der Waals surface area contributed by atoms with Crippen LogP contribution in [0.25, 0.3) is 0 Å². The quantitative estimate of drug-likeness (QED) is 0.570. The molecule has 0 spiro atoms. The molecule has 0 bridgehead atoms. The molecule has 66 valence electrons. The Morgan fingerprint density at radius 3 is 1.92 bits per heavy atom. The molecule has 1 heterocycles. The first kappa shape index (κ1) is 8.73. The molecule has 0 aliphatic carbocycles. The van der Waals surface area contributed by atoms with E-state index >= 15 is 0 Å². The second kappa shape index (κ2) is 3.13. The Morgan fingerprint density at radius 2 is 1.54 bits per heavy atom. The Balaban J connectivity index is 2.57. The number of carbonyl (C=O) groups is 2. The van der Waals surface area contributed by atoms with Crippen LogP contribution in [0.5, 0.6) is 0 Å². The predicted molar refractivity (Wildman–Crippen MR) is 48.6 cm³/mol. The molecule has 0 unspecified atom stereocenters. The zero-order chi connectivity index (χ0) is 9.42. The fraction of sp³-hybridized carbons (Fsp3) is 0.111. The van der Waals surface area contributed by atoms with Crippen molar-refractivity contribution in [2.24, 2.45) is 0 Å². The number of benzene rings is 1. The van der Waals surface area contributed by atoms with Gasteiger partial charge in [-0.25, -0.2) is 0 Å². The summed E-state index contributed by atoms with van der Waals surface area (Å²) in [5.74, 6) is -0.240. The van der Waals surface area contributed by atoms with Crippen LogP contribution in [0.1, 0.15) is 20.7 Å². The molecule has 3 nitrogen and oxygen atoms in total. The molecule has 1 aromatic carbocycles. The molecule has 4 heteroatoms. The van der Waals surface area contributed by atoms with Crippen LogP contribution in [-0.2, 0) is 0 Å². The number of imide groups is 1. The van der Waals surface area contributed by atoms with Crippen molar-refractivity contribution in [2.75, 3.05) is 0 Å². The van der Waals surface area contributed by atoms with Gasteiger partial charge < -0.3 is 0 Å². The molecule has 0 saturated carbocycles. The molecule has 1 aromatic rings. The molecule has 13 heavy (non-hydrogen) atoms. The normalized spacial score (nSPS) is 15.0. The minimum absolute atomic E-state index is 0.120. The maximum absolute atomic E-state index is 11.6. The van der Waals surface area contributed by atoms with E-state index in [2.05, 4.69) is 0 Å². The fourth-order valence-corrected chi connectivity index (χ4v) is 2.84. The van der Waals surface area contributed by atoms with E-state index in [0.717, 1.165) is 0 Å². The van der Waals surface area contributed by atoms with Gasteiger partial charge in [0.15, 0.2) is 0 Å². The molecular weight excluding hydrogens is 282 g/mol. The second-order valence-electron chi connectivity index (χ2n) is 2.63. The predicted octanol–water partition coefficient (Wildman–Crippen LogP) is 0.950. The number of hydrogen-bond donors (Lipinski definition) is 0. The van der Waals surface area contributed by atoms with Crippen LogP contribution in [0, 0.1) is 0 Å². The SMILES string of the molecule is C[Te]N1C(=O)c2ccccc2C1=O. The van der Waals surface area contributed by atoms with Gasteiger partial charge in [0.2, 0.25) is 0 Å². The molecule has 0 radical (unpaired) electrons. The van der Waals surface area contributed by atoms with Gasteiger partial charge in [0.1, 0.15) is 0 Å².